The van der Waals surface area contributed by atoms with Crippen molar-refractivity contribution in [3.8, 4) is 16.8 Å². The van der Waals surface area contributed by atoms with Gasteiger partial charge >= 0.3 is 0 Å². The van der Waals surface area contributed by atoms with Crippen molar-refractivity contribution in [2.45, 2.75) is 20.4 Å². The number of piperazine rings is 1. The van der Waals surface area contributed by atoms with Crippen LogP contribution >= 0.6 is 22.9 Å². The highest BCUT2D eigenvalue weighted by molar-refractivity contribution is 7.15. The molecule has 8 heteroatoms. The lowest BCUT2D eigenvalue weighted by molar-refractivity contribution is 0.168. The molecular weight excluding hydrogens is 440 g/mol. The number of fused-ring (bicyclic) bond motifs is 3. The molecule has 6 nitrogen and oxygen atoms in total. The maximum Gasteiger partial charge on any atom is 0.160 e. The number of halogens is 1. The molecule has 2 aliphatic rings. The highest BCUT2D eigenvalue weighted by atomic mass is 35.5. The van der Waals surface area contributed by atoms with Gasteiger partial charge in [-0.25, -0.2) is 0 Å². The average Bonchev–Trinajstić information content (AvgIpc) is 3.25. The van der Waals surface area contributed by atoms with Gasteiger partial charge in [-0.15, -0.1) is 21.5 Å². The predicted molar refractivity (Wildman–Crippen MR) is 130 cm³/mol. The third-order valence-electron chi connectivity index (χ3n) is 6.06. The van der Waals surface area contributed by atoms with E-state index in [9.17, 15) is 0 Å². The summed E-state index contributed by atoms with van der Waals surface area (Å²) in [6, 6.07) is 7.88. The first kappa shape index (κ1) is 21.4. The SMILES string of the molecule is Cc1c(C#CCN2CCN(C)CC2)sc2c1C(c1ccc(Cl)cc1)=NCc1nnc(C)n1-2. The molecule has 0 radical (unpaired) electrons. The van der Waals surface area contributed by atoms with Gasteiger partial charge in [-0.1, -0.05) is 35.6 Å². The van der Waals surface area contributed by atoms with Crippen LogP contribution in [0.15, 0.2) is 29.3 Å². The van der Waals surface area contributed by atoms with E-state index in [-0.39, 0.29) is 0 Å². The van der Waals surface area contributed by atoms with Gasteiger partial charge < -0.3 is 4.90 Å². The van der Waals surface area contributed by atoms with E-state index in [4.69, 9.17) is 16.6 Å². The summed E-state index contributed by atoms with van der Waals surface area (Å²) < 4.78 is 2.13. The second kappa shape index (κ2) is 8.80. The topological polar surface area (TPSA) is 49.6 Å². The van der Waals surface area contributed by atoms with Crippen LogP contribution in [-0.2, 0) is 6.54 Å². The zero-order valence-electron chi connectivity index (χ0n) is 18.5. The summed E-state index contributed by atoms with van der Waals surface area (Å²) in [7, 11) is 2.17. The number of rotatable bonds is 2. The number of aromatic nitrogens is 3. The number of likely N-dealkylation sites (N-methyl/N-ethyl adjacent to an activating group) is 1. The number of hydrogen-bond donors (Lipinski definition) is 0. The molecular formula is C24H25ClN6S. The zero-order valence-corrected chi connectivity index (χ0v) is 20.1. The Balaban J connectivity index is 1.54. The summed E-state index contributed by atoms with van der Waals surface area (Å²) in [5, 5.41) is 10.5. The van der Waals surface area contributed by atoms with Crippen molar-refractivity contribution in [2.75, 3.05) is 39.8 Å². The van der Waals surface area contributed by atoms with Crippen molar-refractivity contribution < 1.29 is 0 Å². The maximum absolute atomic E-state index is 6.14. The maximum atomic E-state index is 6.14. The van der Waals surface area contributed by atoms with Crippen molar-refractivity contribution in [1.29, 1.82) is 0 Å². The molecule has 164 valence electrons. The average molecular weight is 465 g/mol. The first-order valence-electron chi connectivity index (χ1n) is 10.8. The summed E-state index contributed by atoms with van der Waals surface area (Å²) in [6.07, 6.45) is 0. The van der Waals surface area contributed by atoms with Gasteiger partial charge in [0.1, 0.15) is 17.4 Å². The van der Waals surface area contributed by atoms with Crippen molar-refractivity contribution in [3.63, 3.8) is 0 Å². The second-order valence-corrected chi connectivity index (χ2v) is 9.72. The fraction of sp³-hybridized carbons (Fsp3) is 0.375. The molecule has 0 atom stereocenters. The van der Waals surface area contributed by atoms with Gasteiger partial charge in [0.2, 0.25) is 0 Å². The van der Waals surface area contributed by atoms with Crippen LogP contribution < -0.4 is 0 Å². The summed E-state index contributed by atoms with van der Waals surface area (Å²) >= 11 is 7.84. The van der Waals surface area contributed by atoms with E-state index in [0.29, 0.717) is 11.6 Å². The van der Waals surface area contributed by atoms with E-state index in [2.05, 4.69) is 50.4 Å². The molecule has 0 amide bonds. The fourth-order valence-electron chi connectivity index (χ4n) is 4.14. The minimum atomic E-state index is 0.490. The van der Waals surface area contributed by atoms with Crippen LogP contribution in [0.5, 0.6) is 0 Å². The molecule has 1 fully saturated rings. The van der Waals surface area contributed by atoms with E-state index in [0.717, 1.165) is 76.7 Å². The van der Waals surface area contributed by atoms with Gasteiger partial charge in [-0.05, 0) is 38.6 Å². The van der Waals surface area contributed by atoms with Crippen LogP contribution in [0.25, 0.3) is 5.00 Å². The fourth-order valence-corrected chi connectivity index (χ4v) is 5.51. The molecule has 3 aromatic rings. The Labute approximate surface area is 197 Å². The van der Waals surface area contributed by atoms with Gasteiger partial charge in [-0.2, -0.15) is 0 Å². The van der Waals surface area contributed by atoms with Crippen LogP contribution in [0.4, 0.5) is 0 Å². The zero-order chi connectivity index (χ0) is 22.2. The molecule has 32 heavy (non-hydrogen) atoms. The second-order valence-electron chi connectivity index (χ2n) is 8.29. The van der Waals surface area contributed by atoms with Gasteiger partial charge in [0.05, 0.1) is 17.1 Å². The van der Waals surface area contributed by atoms with Crippen molar-refractivity contribution in [1.82, 2.24) is 24.6 Å². The monoisotopic (exact) mass is 464 g/mol. The molecule has 1 saturated heterocycles. The number of aryl methyl sites for hydroxylation is 1. The molecule has 5 rings (SSSR count). The third kappa shape index (κ3) is 4.00. The number of aliphatic imine (C=N–C) groups is 1. The lowest BCUT2D eigenvalue weighted by atomic mass is 10.00. The molecule has 0 spiro atoms. The predicted octanol–water partition coefficient (Wildman–Crippen LogP) is 3.55. The number of hydrogen-bond acceptors (Lipinski definition) is 6. The van der Waals surface area contributed by atoms with E-state index in [1.54, 1.807) is 11.3 Å². The molecule has 4 heterocycles. The standard InChI is InChI=1S/C24H25ClN6S/c1-16-20(5-4-10-30-13-11-29(3)12-14-30)32-24-22(16)23(18-6-8-19(25)9-7-18)26-15-21-28-27-17(2)31(21)24/h6-9H,10-15H2,1-3H3. The Bertz CT molecular complexity index is 1240. The Hall–Kier alpha value is -2.50. The molecule has 0 aliphatic carbocycles. The Kier molecular flexibility index (Phi) is 5.87. The lowest BCUT2D eigenvalue weighted by Crippen LogP contribution is -2.44. The summed E-state index contributed by atoms with van der Waals surface area (Å²) in [5.41, 5.74) is 4.28. The van der Waals surface area contributed by atoms with Gasteiger partial charge in [0.25, 0.3) is 0 Å². The highest BCUT2D eigenvalue weighted by Gasteiger charge is 2.27. The first-order chi connectivity index (χ1) is 15.5. The molecule has 0 unspecified atom stereocenters. The van der Waals surface area contributed by atoms with Crippen molar-refractivity contribution in [2.24, 2.45) is 4.99 Å². The molecule has 1 aromatic carbocycles. The number of nitrogens with zero attached hydrogens (tertiary/aromatic N) is 6. The van der Waals surface area contributed by atoms with Crippen molar-refractivity contribution in [3.05, 3.63) is 62.5 Å². The molecule has 2 aliphatic heterocycles. The molecule has 0 saturated carbocycles. The highest BCUT2D eigenvalue weighted by Crippen LogP contribution is 2.36. The van der Waals surface area contributed by atoms with Gasteiger partial charge in [0, 0.05) is 42.3 Å². The van der Waals surface area contributed by atoms with E-state index < -0.39 is 0 Å². The summed E-state index contributed by atoms with van der Waals surface area (Å²) in [4.78, 5) is 10.8. The van der Waals surface area contributed by atoms with Crippen LogP contribution in [0.1, 0.15) is 33.2 Å². The van der Waals surface area contributed by atoms with E-state index in [1.165, 1.54) is 0 Å². The Morgan fingerprint density at radius 3 is 2.56 bits per heavy atom. The summed E-state index contributed by atoms with van der Waals surface area (Å²) in [5.74, 6) is 8.59. The van der Waals surface area contributed by atoms with Gasteiger partial charge in [-0.3, -0.25) is 14.5 Å². The quantitative estimate of drug-likeness (QED) is 0.544. The third-order valence-corrected chi connectivity index (χ3v) is 7.50. The number of thiophene rings is 1. The minimum Gasteiger partial charge on any atom is -0.304 e. The molecule has 2 aromatic heterocycles. The normalized spacial score (nSPS) is 16.6. The van der Waals surface area contributed by atoms with E-state index in [1.807, 2.05) is 31.2 Å². The number of benzene rings is 1. The molecule has 0 bridgehead atoms. The lowest BCUT2D eigenvalue weighted by Gasteiger charge is -2.30. The smallest absolute Gasteiger partial charge is 0.160 e. The van der Waals surface area contributed by atoms with E-state index >= 15 is 0 Å². The molecule has 0 N–H and O–H groups in total. The van der Waals surface area contributed by atoms with Crippen molar-refractivity contribution >= 4 is 28.6 Å². The summed E-state index contributed by atoms with van der Waals surface area (Å²) in [6.45, 7) is 9.76. The largest absolute Gasteiger partial charge is 0.304 e. The van der Waals surface area contributed by atoms with Crippen LogP contribution in [0, 0.1) is 25.7 Å². The van der Waals surface area contributed by atoms with Crippen LogP contribution in [-0.4, -0.2) is 70.0 Å². The first-order valence-corrected chi connectivity index (χ1v) is 12.0. The van der Waals surface area contributed by atoms with Crippen LogP contribution in [0.2, 0.25) is 5.02 Å². The van der Waals surface area contributed by atoms with Gasteiger partial charge in [0.15, 0.2) is 5.82 Å². The Morgan fingerprint density at radius 1 is 1.06 bits per heavy atom. The Morgan fingerprint density at radius 2 is 1.81 bits per heavy atom. The minimum absolute atomic E-state index is 0.490. The van der Waals surface area contributed by atoms with Crippen LogP contribution in [0.3, 0.4) is 0 Å².